The standard InChI is InChI=1S/C14H18N4O4/c1-21-11(22-2)5-7-18-8-10(13(19)17-14(18)20)9-4-3-6-16-12(9)15/h3-4,6,8,11H,5,7H2,1-2H3,(H2,15,16)(H,17,19,20). The van der Waals surface area contributed by atoms with Crippen molar-refractivity contribution in [2.45, 2.75) is 19.3 Å². The van der Waals surface area contributed by atoms with E-state index < -0.39 is 17.5 Å². The molecular formula is C14H18N4O4. The predicted molar refractivity (Wildman–Crippen MR) is 81.4 cm³/mol. The van der Waals surface area contributed by atoms with Gasteiger partial charge in [-0.2, -0.15) is 0 Å². The Morgan fingerprint density at radius 3 is 2.68 bits per heavy atom. The maximum Gasteiger partial charge on any atom is 0.328 e. The van der Waals surface area contributed by atoms with Gasteiger partial charge in [0.1, 0.15) is 5.82 Å². The Balaban J connectivity index is 2.38. The van der Waals surface area contributed by atoms with E-state index in [0.717, 1.165) is 0 Å². The monoisotopic (exact) mass is 306 g/mol. The molecule has 0 saturated carbocycles. The molecule has 8 nitrogen and oxygen atoms in total. The molecule has 0 aliphatic heterocycles. The molecular weight excluding hydrogens is 288 g/mol. The van der Waals surface area contributed by atoms with Gasteiger partial charge in [-0.25, -0.2) is 9.78 Å². The van der Waals surface area contributed by atoms with Crippen LogP contribution in [0.1, 0.15) is 6.42 Å². The van der Waals surface area contributed by atoms with E-state index in [-0.39, 0.29) is 11.4 Å². The summed E-state index contributed by atoms with van der Waals surface area (Å²) in [7, 11) is 3.04. The molecule has 2 aromatic heterocycles. The zero-order valence-corrected chi connectivity index (χ0v) is 12.4. The van der Waals surface area contributed by atoms with Crippen molar-refractivity contribution in [2.75, 3.05) is 20.0 Å². The van der Waals surface area contributed by atoms with Crippen molar-refractivity contribution in [3.8, 4) is 11.1 Å². The number of aryl methyl sites for hydroxylation is 1. The molecule has 0 aliphatic carbocycles. The number of pyridine rings is 1. The lowest BCUT2D eigenvalue weighted by Crippen LogP contribution is -2.31. The number of hydrogen-bond acceptors (Lipinski definition) is 6. The molecule has 2 rings (SSSR count). The fourth-order valence-electron chi connectivity index (χ4n) is 2.09. The number of rotatable bonds is 6. The first-order valence-electron chi connectivity index (χ1n) is 6.67. The fourth-order valence-corrected chi connectivity index (χ4v) is 2.09. The fraction of sp³-hybridized carbons (Fsp3) is 0.357. The Bertz CT molecular complexity index is 749. The lowest BCUT2D eigenvalue weighted by atomic mass is 10.1. The van der Waals surface area contributed by atoms with Crippen LogP contribution in [0.5, 0.6) is 0 Å². The molecule has 0 atom stereocenters. The molecule has 0 saturated heterocycles. The van der Waals surface area contributed by atoms with Crippen LogP contribution in [0.2, 0.25) is 0 Å². The number of hydrogen-bond donors (Lipinski definition) is 2. The summed E-state index contributed by atoms with van der Waals surface area (Å²) in [5.41, 5.74) is 5.55. The van der Waals surface area contributed by atoms with Gasteiger partial charge in [-0.3, -0.25) is 14.3 Å². The van der Waals surface area contributed by atoms with Gasteiger partial charge in [0.05, 0.1) is 5.56 Å². The average Bonchev–Trinajstić information content (AvgIpc) is 2.51. The maximum absolute atomic E-state index is 12.0. The van der Waals surface area contributed by atoms with Crippen molar-refractivity contribution >= 4 is 5.82 Å². The molecule has 0 aromatic carbocycles. The molecule has 0 radical (unpaired) electrons. The number of ether oxygens (including phenoxy) is 2. The number of aromatic amines is 1. The first kappa shape index (κ1) is 15.9. The number of aromatic nitrogens is 3. The zero-order chi connectivity index (χ0) is 16.1. The van der Waals surface area contributed by atoms with Gasteiger partial charge in [0, 0.05) is 45.1 Å². The summed E-state index contributed by atoms with van der Waals surface area (Å²) in [4.78, 5) is 30.1. The number of nitrogens with two attached hydrogens (primary N) is 1. The highest BCUT2D eigenvalue weighted by Gasteiger charge is 2.12. The molecule has 22 heavy (non-hydrogen) atoms. The Kier molecular flexibility index (Phi) is 5.08. The van der Waals surface area contributed by atoms with Gasteiger partial charge in [-0.1, -0.05) is 0 Å². The van der Waals surface area contributed by atoms with E-state index in [1.54, 1.807) is 12.1 Å². The summed E-state index contributed by atoms with van der Waals surface area (Å²) in [5.74, 6) is 0.227. The first-order chi connectivity index (χ1) is 10.6. The quantitative estimate of drug-likeness (QED) is 0.737. The molecule has 0 amide bonds. The van der Waals surface area contributed by atoms with Gasteiger partial charge < -0.3 is 15.2 Å². The van der Waals surface area contributed by atoms with E-state index in [1.165, 1.54) is 31.2 Å². The summed E-state index contributed by atoms with van der Waals surface area (Å²) >= 11 is 0. The third kappa shape index (κ3) is 3.41. The Morgan fingerprint density at radius 2 is 2.05 bits per heavy atom. The van der Waals surface area contributed by atoms with Gasteiger partial charge in [0.2, 0.25) is 0 Å². The van der Waals surface area contributed by atoms with E-state index in [0.29, 0.717) is 18.5 Å². The second-order valence-electron chi connectivity index (χ2n) is 4.62. The summed E-state index contributed by atoms with van der Waals surface area (Å²) in [6, 6.07) is 3.35. The average molecular weight is 306 g/mol. The predicted octanol–water partition coefficient (Wildman–Crippen LogP) is 0.190. The minimum Gasteiger partial charge on any atom is -0.383 e. The summed E-state index contributed by atoms with van der Waals surface area (Å²) in [5, 5.41) is 0. The number of methoxy groups -OCH3 is 2. The number of H-pyrrole nitrogens is 1. The van der Waals surface area contributed by atoms with Gasteiger partial charge in [0.15, 0.2) is 6.29 Å². The lowest BCUT2D eigenvalue weighted by molar-refractivity contribution is -0.108. The Hall–Kier alpha value is -2.45. The molecule has 0 fully saturated rings. The first-order valence-corrected chi connectivity index (χ1v) is 6.67. The third-order valence-electron chi connectivity index (χ3n) is 3.27. The lowest BCUT2D eigenvalue weighted by Gasteiger charge is -2.14. The maximum atomic E-state index is 12.0. The van der Waals surface area contributed by atoms with Crippen LogP contribution in [0.25, 0.3) is 11.1 Å². The molecule has 0 bridgehead atoms. The van der Waals surface area contributed by atoms with Crippen LogP contribution < -0.4 is 17.0 Å². The van der Waals surface area contributed by atoms with E-state index in [9.17, 15) is 9.59 Å². The normalized spacial score (nSPS) is 11.0. The topological polar surface area (TPSA) is 112 Å². The molecule has 2 aromatic rings. The van der Waals surface area contributed by atoms with Crippen LogP contribution in [0, 0.1) is 0 Å². The SMILES string of the molecule is COC(CCn1cc(-c2cccnc2N)c(=O)[nH]c1=O)OC. The highest BCUT2D eigenvalue weighted by Crippen LogP contribution is 2.19. The second-order valence-corrected chi connectivity index (χ2v) is 4.62. The van der Waals surface area contributed by atoms with Crippen LogP contribution in [0.3, 0.4) is 0 Å². The highest BCUT2D eigenvalue weighted by atomic mass is 16.7. The van der Waals surface area contributed by atoms with Gasteiger partial charge in [0.25, 0.3) is 5.56 Å². The number of anilines is 1. The minimum absolute atomic E-state index is 0.227. The summed E-state index contributed by atoms with van der Waals surface area (Å²) < 4.78 is 11.5. The number of nitrogens with one attached hydrogen (secondary N) is 1. The van der Waals surface area contributed by atoms with E-state index in [1.807, 2.05) is 0 Å². The van der Waals surface area contributed by atoms with Crippen molar-refractivity contribution in [1.29, 1.82) is 0 Å². The van der Waals surface area contributed by atoms with Crippen LogP contribution >= 0.6 is 0 Å². The molecule has 2 heterocycles. The van der Waals surface area contributed by atoms with Gasteiger partial charge >= 0.3 is 5.69 Å². The molecule has 0 unspecified atom stereocenters. The molecule has 0 spiro atoms. The summed E-state index contributed by atoms with van der Waals surface area (Å²) in [6.45, 7) is 0.328. The molecule has 8 heteroatoms. The van der Waals surface area contributed by atoms with Gasteiger partial charge in [-0.05, 0) is 12.1 Å². The third-order valence-corrected chi connectivity index (χ3v) is 3.27. The zero-order valence-electron chi connectivity index (χ0n) is 12.4. The van der Waals surface area contributed by atoms with Crippen LogP contribution in [-0.2, 0) is 16.0 Å². The van der Waals surface area contributed by atoms with E-state index in [4.69, 9.17) is 15.2 Å². The second kappa shape index (κ2) is 7.01. The Labute approximate surface area is 126 Å². The van der Waals surface area contributed by atoms with Crippen LogP contribution in [-0.4, -0.2) is 35.0 Å². The number of nitrogens with zero attached hydrogens (tertiary/aromatic N) is 2. The van der Waals surface area contributed by atoms with Crippen molar-refractivity contribution in [3.63, 3.8) is 0 Å². The minimum atomic E-state index is -0.504. The van der Waals surface area contributed by atoms with Crippen molar-refractivity contribution in [1.82, 2.24) is 14.5 Å². The molecule has 118 valence electrons. The van der Waals surface area contributed by atoms with E-state index >= 15 is 0 Å². The van der Waals surface area contributed by atoms with Crippen molar-refractivity contribution < 1.29 is 9.47 Å². The van der Waals surface area contributed by atoms with Crippen LogP contribution in [0.4, 0.5) is 5.82 Å². The van der Waals surface area contributed by atoms with E-state index in [2.05, 4.69) is 9.97 Å². The van der Waals surface area contributed by atoms with Crippen molar-refractivity contribution in [3.05, 3.63) is 45.4 Å². The smallest absolute Gasteiger partial charge is 0.328 e. The highest BCUT2D eigenvalue weighted by molar-refractivity contribution is 5.72. The van der Waals surface area contributed by atoms with Crippen LogP contribution in [0.15, 0.2) is 34.1 Å². The number of nitrogen functional groups attached to an aromatic ring is 1. The summed E-state index contributed by atoms with van der Waals surface area (Å²) in [6.07, 6.45) is 3.04. The molecule has 0 aliphatic rings. The molecule has 3 N–H and O–H groups in total. The van der Waals surface area contributed by atoms with Crippen molar-refractivity contribution in [2.24, 2.45) is 0 Å². The Morgan fingerprint density at radius 1 is 1.32 bits per heavy atom. The van der Waals surface area contributed by atoms with Gasteiger partial charge in [-0.15, -0.1) is 0 Å². The largest absolute Gasteiger partial charge is 0.383 e.